The molecule has 3 rings (SSSR count). The molecule has 0 aromatic heterocycles. The standard InChI is InChI=1S/C19H23NO6/c1-11-9-20(10-12(2)24-11)17(21)13(3)25-19(23)16-8-14-6-4-5-7-15(14)18(22)26-16/h4-7,11-13,16H,8-10H2,1-3H3/t11-,12+,13-,16+/m0/s1. The molecule has 0 bridgehead atoms. The number of morpholine rings is 1. The summed E-state index contributed by atoms with van der Waals surface area (Å²) in [5.41, 5.74) is 1.19. The van der Waals surface area contributed by atoms with E-state index in [-0.39, 0.29) is 24.5 Å². The molecule has 1 aromatic rings. The summed E-state index contributed by atoms with van der Waals surface area (Å²) in [4.78, 5) is 38.6. The molecule has 1 saturated heterocycles. The van der Waals surface area contributed by atoms with Crippen molar-refractivity contribution in [2.45, 2.75) is 51.6 Å². The fraction of sp³-hybridized carbons (Fsp3) is 0.526. The maximum Gasteiger partial charge on any atom is 0.348 e. The van der Waals surface area contributed by atoms with E-state index in [0.717, 1.165) is 5.56 Å². The van der Waals surface area contributed by atoms with Crippen LogP contribution < -0.4 is 0 Å². The molecule has 1 amide bonds. The predicted octanol–water partition coefficient (Wildman–Crippen LogP) is 1.34. The topological polar surface area (TPSA) is 82.1 Å². The zero-order valence-electron chi connectivity index (χ0n) is 15.1. The molecule has 0 N–H and O–H groups in total. The quantitative estimate of drug-likeness (QED) is 0.756. The minimum Gasteiger partial charge on any atom is -0.450 e. The Labute approximate surface area is 152 Å². The van der Waals surface area contributed by atoms with Gasteiger partial charge in [0.25, 0.3) is 5.91 Å². The first-order valence-electron chi connectivity index (χ1n) is 8.78. The number of nitrogens with zero attached hydrogens (tertiary/aromatic N) is 1. The average molecular weight is 361 g/mol. The Morgan fingerprint density at radius 1 is 1.19 bits per heavy atom. The summed E-state index contributed by atoms with van der Waals surface area (Å²) in [6.07, 6.45) is -1.87. The van der Waals surface area contributed by atoms with E-state index in [1.54, 1.807) is 29.2 Å². The molecule has 0 aliphatic carbocycles. The summed E-state index contributed by atoms with van der Waals surface area (Å²) in [6.45, 7) is 6.23. The third kappa shape index (κ3) is 3.88. The van der Waals surface area contributed by atoms with Gasteiger partial charge >= 0.3 is 11.9 Å². The van der Waals surface area contributed by atoms with Crippen LogP contribution >= 0.6 is 0 Å². The van der Waals surface area contributed by atoms with Crippen molar-refractivity contribution in [3.8, 4) is 0 Å². The molecule has 1 aromatic carbocycles. The van der Waals surface area contributed by atoms with Crippen molar-refractivity contribution in [1.29, 1.82) is 0 Å². The van der Waals surface area contributed by atoms with Crippen LogP contribution in [0.2, 0.25) is 0 Å². The second kappa shape index (κ2) is 7.45. The van der Waals surface area contributed by atoms with E-state index in [0.29, 0.717) is 18.7 Å². The molecule has 2 aliphatic rings. The highest BCUT2D eigenvalue weighted by molar-refractivity contribution is 5.95. The lowest BCUT2D eigenvalue weighted by Crippen LogP contribution is -2.52. The second-order valence-corrected chi connectivity index (χ2v) is 6.83. The van der Waals surface area contributed by atoms with E-state index < -0.39 is 24.1 Å². The van der Waals surface area contributed by atoms with Crippen LogP contribution in [0.5, 0.6) is 0 Å². The first kappa shape index (κ1) is 18.4. The van der Waals surface area contributed by atoms with Gasteiger partial charge in [-0.3, -0.25) is 4.79 Å². The van der Waals surface area contributed by atoms with Gasteiger partial charge in [-0.15, -0.1) is 0 Å². The molecule has 0 spiro atoms. The Kier molecular flexibility index (Phi) is 5.27. The Bertz CT molecular complexity index is 708. The molecule has 0 unspecified atom stereocenters. The van der Waals surface area contributed by atoms with Gasteiger partial charge in [-0.1, -0.05) is 18.2 Å². The first-order chi connectivity index (χ1) is 12.3. The number of carbonyl (C=O) groups excluding carboxylic acids is 3. The van der Waals surface area contributed by atoms with E-state index in [9.17, 15) is 14.4 Å². The van der Waals surface area contributed by atoms with Crippen molar-refractivity contribution < 1.29 is 28.6 Å². The van der Waals surface area contributed by atoms with Crippen molar-refractivity contribution in [1.82, 2.24) is 4.90 Å². The number of esters is 2. The fourth-order valence-electron chi connectivity index (χ4n) is 3.38. The fourth-order valence-corrected chi connectivity index (χ4v) is 3.38. The molecule has 0 radical (unpaired) electrons. The Morgan fingerprint density at radius 3 is 2.54 bits per heavy atom. The lowest BCUT2D eigenvalue weighted by atomic mass is 9.99. The molecule has 26 heavy (non-hydrogen) atoms. The highest BCUT2D eigenvalue weighted by atomic mass is 16.6. The van der Waals surface area contributed by atoms with Crippen LogP contribution in [0.4, 0.5) is 0 Å². The molecular formula is C19H23NO6. The summed E-state index contributed by atoms with van der Waals surface area (Å²) < 4.78 is 16.1. The Morgan fingerprint density at radius 2 is 1.85 bits per heavy atom. The van der Waals surface area contributed by atoms with Gasteiger partial charge in [0.05, 0.1) is 17.8 Å². The van der Waals surface area contributed by atoms with Crippen molar-refractivity contribution in [3.63, 3.8) is 0 Å². The van der Waals surface area contributed by atoms with Crippen LogP contribution in [0.15, 0.2) is 24.3 Å². The van der Waals surface area contributed by atoms with Crippen LogP contribution in [0.1, 0.15) is 36.7 Å². The molecule has 7 nitrogen and oxygen atoms in total. The number of cyclic esters (lactones) is 1. The lowest BCUT2D eigenvalue weighted by molar-refractivity contribution is -0.170. The first-order valence-corrected chi connectivity index (χ1v) is 8.78. The second-order valence-electron chi connectivity index (χ2n) is 6.83. The summed E-state index contributed by atoms with van der Waals surface area (Å²) in [7, 11) is 0. The van der Waals surface area contributed by atoms with Gasteiger partial charge in [0, 0.05) is 19.5 Å². The molecule has 140 valence electrons. The number of hydrogen-bond acceptors (Lipinski definition) is 6. The third-order valence-electron chi connectivity index (χ3n) is 4.53. The largest absolute Gasteiger partial charge is 0.450 e. The number of benzene rings is 1. The number of amides is 1. The van der Waals surface area contributed by atoms with Gasteiger partial charge in [0.2, 0.25) is 6.10 Å². The minimum atomic E-state index is -1.03. The van der Waals surface area contributed by atoms with Crippen LogP contribution in [0.25, 0.3) is 0 Å². The monoisotopic (exact) mass is 361 g/mol. The van der Waals surface area contributed by atoms with Crippen molar-refractivity contribution in [2.75, 3.05) is 13.1 Å². The highest BCUT2D eigenvalue weighted by Crippen LogP contribution is 2.22. The Balaban J connectivity index is 1.61. The average Bonchev–Trinajstić information content (AvgIpc) is 2.60. The number of carbonyl (C=O) groups is 3. The van der Waals surface area contributed by atoms with Crippen LogP contribution in [0.3, 0.4) is 0 Å². The molecule has 4 atom stereocenters. The number of fused-ring (bicyclic) bond motifs is 1. The summed E-state index contributed by atoms with van der Waals surface area (Å²) in [5, 5.41) is 0. The van der Waals surface area contributed by atoms with Crippen LogP contribution in [-0.4, -0.2) is 60.3 Å². The van der Waals surface area contributed by atoms with E-state index in [1.165, 1.54) is 6.92 Å². The Hall–Kier alpha value is -2.41. The molecule has 1 fully saturated rings. The number of hydrogen-bond donors (Lipinski definition) is 0. The van der Waals surface area contributed by atoms with Crippen molar-refractivity contribution in [3.05, 3.63) is 35.4 Å². The lowest BCUT2D eigenvalue weighted by Gasteiger charge is -2.36. The highest BCUT2D eigenvalue weighted by Gasteiger charge is 2.35. The molecule has 2 heterocycles. The van der Waals surface area contributed by atoms with Crippen LogP contribution in [-0.2, 0) is 30.2 Å². The van der Waals surface area contributed by atoms with E-state index in [4.69, 9.17) is 14.2 Å². The normalized spacial score (nSPS) is 26.5. The van der Waals surface area contributed by atoms with Gasteiger partial charge in [0.15, 0.2) is 6.10 Å². The number of rotatable bonds is 3. The van der Waals surface area contributed by atoms with Crippen molar-refractivity contribution >= 4 is 17.8 Å². The minimum absolute atomic E-state index is 0.0681. The maximum absolute atomic E-state index is 12.6. The molecular weight excluding hydrogens is 338 g/mol. The number of ether oxygens (including phenoxy) is 3. The van der Waals surface area contributed by atoms with Gasteiger partial charge < -0.3 is 19.1 Å². The SMILES string of the molecule is C[C@@H]1CN(C(=O)[C@H](C)OC(=O)[C@H]2Cc3ccccc3C(=O)O2)C[C@H](C)O1. The van der Waals surface area contributed by atoms with Gasteiger partial charge in [-0.25, -0.2) is 9.59 Å². The van der Waals surface area contributed by atoms with E-state index >= 15 is 0 Å². The summed E-state index contributed by atoms with van der Waals surface area (Å²) >= 11 is 0. The third-order valence-corrected chi connectivity index (χ3v) is 4.53. The smallest absolute Gasteiger partial charge is 0.348 e. The summed E-state index contributed by atoms with van der Waals surface area (Å²) in [5.74, 6) is -1.53. The molecule has 0 saturated carbocycles. The van der Waals surface area contributed by atoms with Gasteiger partial charge in [-0.2, -0.15) is 0 Å². The van der Waals surface area contributed by atoms with Crippen LogP contribution in [0, 0.1) is 0 Å². The zero-order chi connectivity index (χ0) is 18.8. The van der Waals surface area contributed by atoms with Gasteiger partial charge in [0.1, 0.15) is 0 Å². The molecule has 2 aliphatic heterocycles. The van der Waals surface area contributed by atoms with E-state index in [2.05, 4.69) is 0 Å². The zero-order valence-corrected chi connectivity index (χ0v) is 15.1. The predicted molar refractivity (Wildman–Crippen MR) is 91.5 cm³/mol. The summed E-state index contributed by atoms with van der Waals surface area (Å²) in [6, 6.07) is 6.98. The van der Waals surface area contributed by atoms with Crippen molar-refractivity contribution in [2.24, 2.45) is 0 Å². The van der Waals surface area contributed by atoms with E-state index in [1.807, 2.05) is 13.8 Å². The molecule has 7 heteroatoms. The van der Waals surface area contributed by atoms with Gasteiger partial charge in [-0.05, 0) is 32.4 Å². The maximum atomic E-state index is 12.6.